The van der Waals surface area contributed by atoms with E-state index in [1.165, 1.54) is 0 Å². The molecule has 0 atom stereocenters. The van der Waals surface area contributed by atoms with Crippen LogP contribution in [0.4, 0.5) is 5.69 Å². The van der Waals surface area contributed by atoms with Crippen LogP contribution in [-0.4, -0.2) is 39.1 Å². The highest BCUT2D eigenvalue weighted by atomic mass is 16.2. The summed E-state index contributed by atoms with van der Waals surface area (Å²) in [7, 11) is 0. The molecule has 0 aliphatic heterocycles. The van der Waals surface area contributed by atoms with Crippen LogP contribution in [0.25, 0.3) is 0 Å². The molecule has 0 aliphatic rings. The first-order valence-corrected chi connectivity index (χ1v) is 7.00. The lowest BCUT2D eigenvalue weighted by Gasteiger charge is -2.18. The molecule has 0 aliphatic carbocycles. The third-order valence-electron chi connectivity index (χ3n) is 3.13. The lowest BCUT2D eigenvalue weighted by molar-refractivity contribution is 0.0767. The van der Waals surface area contributed by atoms with Crippen LogP contribution in [0.15, 0.2) is 36.7 Å². The number of hydrogen-bond acceptors (Lipinski definition) is 5. The standard InChI is InChI=1S/C15H19N5O/c1-3-20(4-2)15(21)14-10-12(7-9-16-14)17-11-13-6-5-8-18-19-13/h5-10H,3-4,11H2,1-2H3,(H,16,17). The van der Waals surface area contributed by atoms with Crippen LogP contribution in [0.1, 0.15) is 30.0 Å². The Kier molecular flexibility index (Phi) is 5.20. The highest BCUT2D eigenvalue weighted by Gasteiger charge is 2.14. The molecule has 2 heterocycles. The second-order valence-electron chi connectivity index (χ2n) is 4.48. The van der Waals surface area contributed by atoms with E-state index >= 15 is 0 Å². The molecule has 2 aromatic heterocycles. The fourth-order valence-electron chi connectivity index (χ4n) is 1.95. The molecule has 0 bridgehead atoms. The normalized spacial score (nSPS) is 10.2. The van der Waals surface area contributed by atoms with E-state index in [4.69, 9.17) is 0 Å². The Balaban J connectivity index is 2.05. The summed E-state index contributed by atoms with van der Waals surface area (Å²) in [6.07, 6.45) is 3.27. The molecule has 0 saturated carbocycles. The fraction of sp³-hybridized carbons (Fsp3) is 0.333. The van der Waals surface area contributed by atoms with E-state index in [0.29, 0.717) is 25.3 Å². The van der Waals surface area contributed by atoms with Gasteiger partial charge in [0.2, 0.25) is 0 Å². The van der Waals surface area contributed by atoms with Gasteiger partial charge in [-0.15, -0.1) is 0 Å². The van der Waals surface area contributed by atoms with Crippen molar-refractivity contribution in [2.24, 2.45) is 0 Å². The van der Waals surface area contributed by atoms with Crippen molar-refractivity contribution in [1.29, 1.82) is 0 Å². The summed E-state index contributed by atoms with van der Waals surface area (Å²) >= 11 is 0. The summed E-state index contributed by atoms with van der Waals surface area (Å²) in [6.45, 7) is 5.81. The van der Waals surface area contributed by atoms with E-state index in [1.807, 2.05) is 32.0 Å². The maximum absolute atomic E-state index is 12.2. The third-order valence-corrected chi connectivity index (χ3v) is 3.13. The van der Waals surface area contributed by atoms with Gasteiger partial charge in [0.05, 0.1) is 12.2 Å². The number of nitrogens with zero attached hydrogens (tertiary/aromatic N) is 4. The molecular weight excluding hydrogens is 266 g/mol. The lowest BCUT2D eigenvalue weighted by atomic mass is 10.2. The number of amides is 1. The van der Waals surface area contributed by atoms with Gasteiger partial charge in [0, 0.05) is 31.2 Å². The summed E-state index contributed by atoms with van der Waals surface area (Å²) in [6, 6.07) is 7.32. The first-order valence-electron chi connectivity index (χ1n) is 7.00. The third kappa shape index (κ3) is 3.98. The minimum absolute atomic E-state index is 0.0526. The molecule has 21 heavy (non-hydrogen) atoms. The molecular formula is C15H19N5O. The summed E-state index contributed by atoms with van der Waals surface area (Å²) in [5.41, 5.74) is 2.12. The highest BCUT2D eigenvalue weighted by Crippen LogP contribution is 2.11. The number of pyridine rings is 1. The van der Waals surface area contributed by atoms with E-state index in [9.17, 15) is 4.79 Å². The number of carbonyl (C=O) groups is 1. The second-order valence-corrected chi connectivity index (χ2v) is 4.48. The number of nitrogens with one attached hydrogen (secondary N) is 1. The summed E-state index contributed by atoms with van der Waals surface area (Å²) < 4.78 is 0. The van der Waals surface area contributed by atoms with Crippen molar-refractivity contribution < 1.29 is 4.79 Å². The SMILES string of the molecule is CCN(CC)C(=O)c1cc(NCc2cccnn2)ccn1. The topological polar surface area (TPSA) is 71.0 Å². The van der Waals surface area contributed by atoms with Gasteiger partial charge in [0.15, 0.2) is 0 Å². The zero-order chi connectivity index (χ0) is 15.1. The number of rotatable bonds is 6. The number of carbonyl (C=O) groups excluding carboxylic acids is 1. The van der Waals surface area contributed by atoms with Gasteiger partial charge >= 0.3 is 0 Å². The molecule has 0 radical (unpaired) electrons. The fourth-order valence-corrected chi connectivity index (χ4v) is 1.95. The molecule has 6 heteroatoms. The smallest absolute Gasteiger partial charge is 0.272 e. The molecule has 0 spiro atoms. The molecule has 110 valence electrons. The average molecular weight is 285 g/mol. The van der Waals surface area contributed by atoms with Gasteiger partial charge in [-0.2, -0.15) is 10.2 Å². The first kappa shape index (κ1) is 14.9. The maximum Gasteiger partial charge on any atom is 0.272 e. The van der Waals surface area contributed by atoms with Crippen molar-refractivity contribution in [2.75, 3.05) is 18.4 Å². The predicted molar refractivity (Wildman–Crippen MR) is 80.8 cm³/mol. The molecule has 0 saturated heterocycles. The van der Waals surface area contributed by atoms with Crippen molar-refractivity contribution in [3.63, 3.8) is 0 Å². The Morgan fingerprint density at radius 3 is 2.71 bits per heavy atom. The summed E-state index contributed by atoms with van der Waals surface area (Å²) in [5.74, 6) is -0.0526. The molecule has 1 N–H and O–H groups in total. The zero-order valence-electron chi connectivity index (χ0n) is 12.3. The minimum Gasteiger partial charge on any atom is -0.379 e. The van der Waals surface area contributed by atoms with Gasteiger partial charge in [-0.1, -0.05) is 0 Å². The van der Waals surface area contributed by atoms with Crippen molar-refractivity contribution in [2.45, 2.75) is 20.4 Å². The zero-order valence-corrected chi connectivity index (χ0v) is 12.3. The van der Waals surface area contributed by atoms with Gasteiger partial charge < -0.3 is 10.2 Å². The van der Waals surface area contributed by atoms with Crippen LogP contribution in [0.5, 0.6) is 0 Å². The minimum atomic E-state index is -0.0526. The van der Waals surface area contributed by atoms with Crippen LogP contribution < -0.4 is 5.32 Å². The van der Waals surface area contributed by atoms with Crippen molar-refractivity contribution in [3.05, 3.63) is 48.0 Å². The van der Waals surface area contributed by atoms with Crippen molar-refractivity contribution >= 4 is 11.6 Å². The Morgan fingerprint density at radius 2 is 2.05 bits per heavy atom. The predicted octanol–water partition coefficient (Wildman–Crippen LogP) is 1.97. The van der Waals surface area contributed by atoms with Crippen molar-refractivity contribution in [3.8, 4) is 0 Å². The summed E-state index contributed by atoms with van der Waals surface area (Å²) in [4.78, 5) is 18.1. The largest absolute Gasteiger partial charge is 0.379 e. The molecule has 1 amide bonds. The Hall–Kier alpha value is -2.50. The van der Waals surface area contributed by atoms with Crippen LogP contribution in [0, 0.1) is 0 Å². The van der Waals surface area contributed by atoms with E-state index in [-0.39, 0.29) is 5.91 Å². The lowest BCUT2D eigenvalue weighted by Crippen LogP contribution is -2.31. The van der Waals surface area contributed by atoms with Crippen LogP contribution in [-0.2, 0) is 6.54 Å². The van der Waals surface area contributed by atoms with Gasteiger partial charge in [-0.3, -0.25) is 9.78 Å². The molecule has 0 unspecified atom stereocenters. The molecule has 2 rings (SSSR count). The van der Waals surface area contributed by atoms with E-state index < -0.39 is 0 Å². The number of anilines is 1. The molecule has 6 nitrogen and oxygen atoms in total. The Morgan fingerprint density at radius 1 is 1.24 bits per heavy atom. The van der Waals surface area contributed by atoms with Gasteiger partial charge in [0.25, 0.3) is 5.91 Å². The van der Waals surface area contributed by atoms with E-state index in [2.05, 4.69) is 20.5 Å². The Bertz CT molecular complexity index is 584. The molecule has 0 aromatic carbocycles. The van der Waals surface area contributed by atoms with Crippen molar-refractivity contribution in [1.82, 2.24) is 20.1 Å². The maximum atomic E-state index is 12.2. The van der Waals surface area contributed by atoms with Gasteiger partial charge in [-0.05, 0) is 38.1 Å². The second kappa shape index (κ2) is 7.33. The van der Waals surface area contributed by atoms with Gasteiger partial charge in [0.1, 0.15) is 5.69 Å². The van der Waals surface area contributed by atoms with E-state index in [0.717, 1.165) is 11.4 Å². The van der Waals surface area contributed by atoms with E-state index in [1.54, 1.807) is 23.4 Å². The number of aromatic nitrogens is 3. The number of hydrogen-bond donors (Lipinski definition) is 1. The highest BCUT2D eigenvalue weighted by molar-refractivity contribution is 5.93. The summed E-state index contributed by atoms with van der Waals surface area (Å²) in [5, 5.41) is 11.0. The monoisotopic (exact) mass is 285 g/mol. The Labute approximate surface area is 124 Å². The van der Waals surface area contributed by atoms with Crippen LogP contribution in [0.2, 0.25) is 0 Å². The quantitative estimate of drug-likeness (QED) is 0.878. The molecule has 0 fully saturated rings. The average Bonchev–Trinajstić information content (AvgIpc) is 2.55. The van der Waals surface area contributed by atoms with Gasteiger partial charge in [-0.25, -0.2) is 0 Å². The first-order chi connectivity index (χ1) is 10.2. The van der Waals surface area contributed by atoms with Crippen LogP contribution in [0.3, 0.4) is 0 Å². The molecule has 2 aromatic rings. The van der Waals surface area contributed by atoms with Crippen LogP contribution >= 0.6 is 0 Å².